The van der Waals surface area contributed by atoms with Gasteiger partial charge >= 0.3 is 5.97 Å². The van der Waals surface area contributed by atoms with Crippen molar-refractivity contribution in [1.29, 1.82) is 0 Å². The van der Waals surface area contributed by atoms with E-state index in [2.05, 4.69) is 18.7 Å². The van der Waals surface area contributed by atoms with Gasteiger partial charge < -0.3 is 57.7 Å². The van der Waals surface area contributed by atoms with E-state index in [1.807, 2.05) is 51.2 Å². The second-order valence-electron chi connectivity index (χ2n) is 24.9. The molecule has 1 amide bonds. The Bertz CT molecular complexity index is 2220. The molecule has 4 bridgehead atoms. The van der Waals surface area contributed by atoms with E-state index in [0.717, 1.165) is 44.5 Å². The number of ketones is 3. The number of fused-ring (bicyclic) bond motifs is 4. The highest BCUT2D eigenvalue weighted by Gasteiger charge is 2.57. The van der Waals surface area contributed by atoms with Crippen LogP contribution in [0.15, 0.2) is 47.6 Å². The zero-order valence-corrected chi connectivity index (χ0v) is 50.2. The molecule has 0 aromatic rings. The van der Waals surface area contributed by atoms with Gasteiger partial charge in [-0.2, -0.15) is 0 Å². The van der Waals surface area contributed by atoms with Gasteiger partial charge in [-0.05, 0) is 121 Å². The molecule has 7 rings (SSSR count). The number of carbonyl (C=O) groups is 5. The number of esters is 1. The molecule has 0 aromatic carbocycles. The zero-order valence-electron chi connectivity index (χ0n) is 50.2. The van der Waals surface area contributed by atoms with Crippen LogP contribution in [0.4, 0.5) is 0 Å². The normalized spacial score (nSPS) is 40.9. The summed E-state index contributed by atoms with van der Waals surface area (Å²) in [5, 5.41) is 24.0. The maximum atomic E-state index is 14.8. The van der Waals surface area contributed by atoms with E-state index in [1.54, 1.807) is 34.0 Å². The van der Waals surface area contributed by atoms with Crippen LogP contribution >= 0.6 is 0 Å². The second-order valence-corrected chi connectivity index (χ2v) is 24.9. The van der Waals surface area contributed by atoms with E-state index < -0.39 is 83.7 Å². The van der Waals surface area contributed by atoms with Crippen molar-refractivity contribution in [1.82, 2.24) is 9.80 Å². The van der Waals surface area contributed by atoms with Crippen molar-refractivity contribution in [2.75, 3.05) is 73.4 Å². The zero-order chi connectivity index (χ0) is 58.5. The lowest BCUT2D eigenvalue weighted by molar-refractivity contribution is -0.266. The van der Waals surface area contributed by atoms with Crippen molar-refractivity contribution in [3.8, 4) is 0 Å². The first kappa shape index (κ1) is 65.0. The number of methoxy groups -OCH3 is 2. The molecular formula is C63H98N2O16. The predicted octanol–water partition coefficient (Wildman–Crippen LogP) is 6.71. The maximum absolute atomic E-state index is 14.8. The van der Waals surface area contributed by atoms with Gasteiger partial charge in [0.1, 0.15) is 36.2 Å². The number of carbonyl (C=O) groups excluding carboxylic acids is 5. The van der Waals surface area contributed by atoms with Crippen LogP contribution in [0.25, 0.3) is 0 Å². The average molecular weight is 1140 g/mol. The van der Waals surface area contributed by atoms with Crippen LogP contribution in [0.5, 0.6) is 0 Å². The molecule has 18 heteroatoms. The Morgan fingerprint density at radius 3 is 2.23 bits per heavy atom. The lowest BCUT2D eigenvalue weighted by Gasteiger charge is -2.50. The minimum Gasteiger partial charge on any atom is -0.460 e. The first-order chi connectivity index (χ1) is 38.7. The number of hydrogen-bond acceptors (Lipinski definition) is 17. The third-order valence-electron chi connectivity index (χ3n) is 18.4. The highest BCUT2D eigenvalue weighted by molar-refractivity contribution is 6.39. The number of amides is 1. The summed E-state index contributed by atoms with van der Waals surface area (Å²) in [5.41, 5.74) is 1.27. The lowest BCUT2D eigenvalue weighted by Crippen LogP contribution is -2.65. The minimum absolute atomic E-state index is 0.000860. The van der Waals surface area contributed by atoms with Gasteiger partial charge in [-0.3, -0.25) is 24.1 Å². The number of aliphatic hydroxyl groups is 2. The molecular weight excluding hydrogens is 1040 g/mol. The van der Waals surface area contributed by atoms with Gasteiger partial charge in [0, 0.05) is 83.5 Å². The number of hydrogen-bond donors (Lipinski definition) is 2. The molecule has 6 fully saturated rings. The summed E-state index contributed by atoms with van der Waals surface area (Å²) in [4.78, 5) is 76.3. The fourth-order valence-electron chi connectivity index (χ4n) is 13.7. The first-order valence-corrected chi connectivity index (χ1v) is 30.5. The smallest absolute Gasteiger partial charge is 0.329 e. The van der Waals surface area contributed by atoms with Crippen molar-refractivity contribution in [3.63, 3.8) is 0 Å². The van der Waals surface area contributed by atoms with E-state index in [1.165, 1.54) is 12.0 Å². The van der Waals surface area contributed by atoms with Gasteiger partial charge in [0.15, 0.2) is 5.78 Å². The Morgan fingerprint density at radius 1 is 0.790 bits per heavy atom. The molecule has 0 spiro atoms. The third-order valence-corrected chi connectivity index (χ3v) is 18.4. The van der Waals surface area contributed by atoms with E-state index in [0.29, 0.717) is 76.9 Å². The molecule has 6 heterocycles. The highest BCUT2D eigenvalue weighted by Crippen LogP contribution is 2.46. The molecule has 0 aromatic heterocycles. The summed E-state index contributed by atoms with van der Waals surface area (Å²) in [7, 11) is 3.10. The average Bonchev–Trinajstić information content (AvgIpc) is 3.19. The van der Waals surface area contributed by atoms with Crippen LogP contribution in [-0.2, 0) is 66.6 Å². The van der Waals surface area contributed by atoms with Crippen LogP contribution in [0.1, 0.15) is 132 Å². The van der Waals surface area contributed by atoms with Crippen LogP contribution in [-0.4, -0.2) is 196 Å². The topological polar surface area (TPSA) is 215 Å². The van der Waals surface area contributed by atoms with Crippen LogP contribution in [0, 0.1) is 41.4 Å². The lowest BCUT2D eigenvalue weighted by atomic mass is 9.68. The molecule has 0 radical (unpaired) electrons. The van der Waals surface area contributed by atoms with E-state index in [9.17, 15) is 34.2 Å². The molecule has 2 N–H and O–H groups in total. The van der Waals surface area contributed by atoms with Gasteiger partial charge in [0.05, 0.1) is 63.1 Å². The van der Waals surface area contributed by atoms with Crippen molar-refractivity contribution in [2.24, 2.45) is 41.4 Å². The van der Waals surface area contributed by atoms with E-state index in [4.69, 9.17) is 42.6 Å². The van der Waals surface area contributed by atoms with Crippen molar-refractivity contribution in [2.45, 2.75) is 205 Å². The molecule has 5 saturated heterocycles. The molecule has 3 unspecified atom stereocenters. The SMILES string of the molecule is CO[C@@H]1C[C@H](CC2[C@H]3CCCN4C(=O)C(=O)[C@]5(O)O[C@@H](CC[C@H]5C)CC(OCCOC5COC5)/C(C)=C/C=C/C=C/[C@@H](C)C[C@@H](C)C(=O)[C@H](OC)[C@H](O)/C(C)=C/[C@@H](C)C(=O)C[C@@H]2OC(=O)C34)CC[C@H]1OCCCN1C[C@@H](C)O[C@@H](C)C1. The van der Waals surface area contributed by atoms with Crippen molar-refractivity contribution in [3.05, 3.63) is 47.6 Å². The van der Waals surface area contributed by atoms with E-state index in [-0.39, 0.29) is 85.8 Å². The molecule has 1 saturated carbocycles. The number of nitrogens with zero attached hydrogens (tertiary/aromatic N) is 2. The summed E-state index contributed by atoms with van der Waals surface area (Å²) < 4.78 is 54.5. The fourth-order valence-corrected chi connectivity index (χ4v) is 13.7. The van der Waals surface area contributed by atoms with Crippen LogP contribution in [0.2, 0.25) is 0 Å². The Kier molecular flexibility index (Phi) is 24.5. The molecule has 7 aliphatic rings. The molecule has 18 nitrogen and oxygen atoms in total. The monoisotopic (exact) mass is 1140 g/mol. The Labute approximate surface area is 482 Å². The van der Waals surface area contributed by atoms with Gasteiger partial charge in [-0.15, -0.1) is 0 Å². The summed E-state index contributed by atoms with van der Waals surface area (Å²) in [6.07, 6.45) is 13.2. The molecule has 456 valence electrons. The largest absolute Gasteiger partial charge is 0.460 e. The third kappa shape index (κ3) is 17.1. The van der Waals surface area contributed by atoms with E-state index >= 15 is 0 Å². The van der Waals surface area contributed by atoms with Crippen LogP contribution < -0.4 is 0 Å². The number of ether oxygens (including phenoxy) is 9. The summed E-state index contributed by atoms with van der Waals surface area (Å²) in [5.74, 6) is -8.48. The highest BCUT2D eigenvalue weighted by atomic mass is 16.6. The maximum Gasteiger partial charge on any atom is 0.329 e. The van der Waals surface area contributed by atoms with Crippen LogP contribution in [0.3, 0.4) is 0 Å². The number of aliphatic hydroxyl groups excluding tert-OH is 1. The number of rotatable bonds is 14. The first-order valence-electron chi connectivity index (χ1n) is 30.5. The summed E-state index contributed by atoms with van der Waals surface area (Å²) >= 11 is 0. The molecule has 6 aliphatic heterocycles. The number of morpholine rings is 1. The van der Waals surface area contributed by atoms with Gasteiger partial charge in [-0.1, -0.05) is 64.2 Å². The van der Waals surface area contributed by atoms with Crippen molar-refractivity contribution < 1.29 is 76.8 Å². The fraction of sp³-hybridized carbons (Fsp3) is 0.794. The molecule has 18 atom stereocenters. The molecule has 81 heavy (non-hydrogen) atoms. The quantitative estimate of drug-likeness (QED) is 0.0800. The molecule has 1 aliphatic carbocycles. The van der Waals surface area contributed by atoms with Gasteiger partial charge in [-0.25, -0.2) is 4.79 Å². The summed E-state index contributed by atoms with van der Waals surface area (Å²) in [6, 6.07) is -1.14. The standard InChI is InChI=1S/C63H98N2O16/c1-38-16-12-11-13-17-39(2)53(78-27-26-76-48-36-75-37-48)32-47-21-19-43(6)63(72,81-47)60(69)61(70)65-24-14-18-49-50(30-46-20-22-52(55(31-46)73-9)77-25-15-23-64-34-44(7)79-45(8)35-64)54(80-62(71)56(49)65)33-51(66)40(3)29-42(5)58(68)59(74-10)57(67)41(4)28-38/h11-13,16-17,29,38,40-41,43-50,52-56,58-59,68,72H,14-15,18-28,30-37H2,1-10H3/b13-11+,16-12+,39-17+,42-29+/t38-,40-,41-,43-,44-,45+,46+,47+,49-,50?,52-,53?,54+,55-,56?,58-,59+,63-/m1/s1. The number of Topliss-reactive ketones (excluding diaryl/α,β-unsaturated/α-hetero) is 3. The Morgan fingerprint density at radius 2 is 1.53 bits per heavy atom. The summed E-state index contributed by atoms with van der Waals surface area (Å²) in [6.45, 7) is 20.2. The Hall–Kier alpha value is -3.53. The number of allylic oxidation sites excluding steroid dienone is 6. The van der Waals surface area contributed by atoms with Gasteiger partial charge in [0.25, 0.3) is 11.7 Å². The predicted molar refractivity (Wildman–Crippen MR) is 303 cm³/mol. The minimum atomic E-state index is -2.48. The van der Waals surface area contributed by atoms with Gasteiger partial charge in [0.2, 0.25) is 5.79 Å². The Balaban J connectivity index is 1.15. The second kappa shape index (κ2) is 30.5. The number of piperidine rings is 1. The van der Waals surface area contributed by atoms with Crippen molar-refractivity contribution >= 4 is 29.2 Å².